The molecule has 3 rings (SSSR count). The number of allylic oxidation sites excluding steroid dienone is 1. The van der Waals surface area contributed by atoms with Gasteiger partial charge < -0.3 is 14.6 Å². The van der Waals surface area contributed by atoms with Crippen LogP contribution in [0, 0.1) is 17.8 Å². The zero-order valence-electron chi connectivity index (χ0n) is 15.0. The van der Waals surface area contributed by atoms with E-state index in [9.17, 15) is 19.2 Å². The van der Waals surface area contributed by atoms with Crippen molar-refractivity contribution in [2.24, 2.45) is 17.8 Å². The fraction of sp³-hybridized carbons (Fsp3) is 0.579. The largest absolute Gasteiger partial charge is 0.481 e. The topological polar surface area (TPSA) is 107 Å². The van der Waals surface area contributed by atoms with E-state index in [2.05, 4.69) is 0 Å². The van der Waals surface area contributed by atoms with Gasteiger partial charge in [-0.15, -0.1) is 0 Å². The van der Waals surface area contributed by atoms with Gasteiger partial charge in [0.25, 0.3) is 0 Å². The highest BCUT2D eigenvalue weighted by molar-refractivity contribution is 6.09. The van der Waals surface area contributed by atoms with E-state index in [0.717, 1.165) is 11.1 Å². The molecule has 3 aliphatic rings. The summed E-state index contributed by atoms with van der Waals surface area (Å²) in [6.07, 6.45) is 0.194. The van der Waals surface area contributed by atoms with Crippen LogP contribution < -0.4 is 0 Å². The Hall–Kier alpha value is -2.44. The van der Waals surface area contributed by atoms with Crippen molar-refractivity contribution < 1.29 is 33.8 Å². The molecule has 1 saturated heterocycles. The lowest BCUT2D eigenvalue weighted by Crippen LogP contribution is -2.38. The standard InChI is InChI=1S/C19H22O7/c1-8-6-11(20)15-9(2)7-12(25-14(23)5-4-13(21)22)17-10(3)19(24)26-18(17)16(8)15/h6,10,12,16-18H,4-5,7H2,1-3H3,(H,21,22)/t10-,12-,16?,17?,18+/m0/s1. The molecule has 0 saturated carbocycles. The first-order chi connectivity index (χ1) is 12.2. The van der Waals surface area contributed by atoms with Crippen LogP contribution in [-0.2, 0) is 28.7 Å². The van der Waals surface area contributed by atoms with Gasteiger partial charge in [-0.25, -0.2) is 0 Å². The number of carboxylic acids is 1. The van der Waals surface area contributed by atoms with Gasteiger partial charge in [-0.05, 0) is 19.9 Å². The molecule has 0 radical (unpaired) electrons. The number of rotatable bonds is 4. The van der Waals surface area contributed by atoms with E-state index in [-0.39, 0.29) is 36.4 Å². The minimum atomic E-state index is -1.08. The number of ketones is 1. The van der Waals surface area contributed by atoms with Gasteiger partial charge in [0.2, 0.25) is 0 Å². The molecule has 0 aromatic rings. The fourth-order valence-electron chi connectivity index (χ4n) is 4.34. The van der Waals surface area contributed by atoms with Crippen LogP contribution in [0.3, 0.4) is 0 Å². The van der Waals surface area contributed by atoms with Crippen LogP contribution in [0.4, 0.5) is 0 Å². The Balaban J connectivity index is 1.91. The summed E-state index contributed by atoms with van der Waals surface area (Å²) < 4.78 is 11.2. The number of esters is 2. The van der Waals surface area contributed by atoms with Crippen molar-refractivity contribution in [3.63, 3.8) is 0 Å². The molecule has 7 nitrogen and oxygen atoms in total. The van der Waals surface area contributed by atoms with Crippen LogP contribution >= 0.6 is 0 Å². The zero-order chi connectivity index (χ0) is 19.2. The summed E-state index contributed by atoms with van der Waals surface area (Å²) in [5.41, 5.74) is 2.30. The molecule has 0 aromatic carbocycles. The fourth-order valence-corrected chi connectivity index (χ4v) is 4.34. The average Bonchev–Trinajstić information content (AvgIpc) is 2.95. The second kappa shape index (κ2) is 6.70. The van der Waals surface area contributed by atoms with Gasteiger partial charge in [0.05, 0.1) is 18.8 Å². The Labute approximate surface area is 151 Å². The highest BCUT2D eigenvalue weighted by atomic mass is 16.6. The molecule has 1 aliphatic heterocycles. The Morgan fingerprint density at radius 2 is 1.96 bits per heavy atom. The van der Waals surface area contributed by atoms with E-state index in [0.29, 0.717) is 12.0 Å². The van der Waals surface area contributed by atoms with E-state index in [1.54, 1.807) is 13.0 Å². The van der Waals surface area contributed by atoms with E-state index < -0.39 is 30.1 Å². The summed E-state index contributed by atoms with van der Waals surface area (Å²) in [5.74, 6) is -3.28. The number of carboxylic acid groups (broad SMARTS) is 1. The average molecular weight is 362 g/mol. The van der Waals surface area contributed by atoms with Crippen LogP contribution in [0.25, 0.3) is 0 Å². The summed E-state index contributed by atoms with van der Waals surface area (Å²) in [6.45, 7) is 5.41. The monoisotopic (exact) mass is 362 g/mol. The Morgan fingerprint density at radius 3 is 2.62 bits per heavy atom. The molecule has 2 unspecified atom stereocenters. The number of hydrogen-bond acceptors (Lipinski definition) is 6. The molecule has 1 fully saturated rings. The van der Waals surface area contributed by atoms with Gasteiger partial charge in [0.1, 0.15) is 12.2 Å². The second-order valence-corrected chi connectivity index (χ2v) is 7.32. The maximum absolute atomic E-state index is 12.4. The van der Waals surface area contributed by atoms with Crippen molar-refractivity contribution in [1.29, 1.82) is 0 Å². The van der Waals surface area contributed by atoms with Gasteiger partial charge >= 0.3 is 17.9 Å². The molecule has 1 N–H and O–H groups in total. The number of aliphatic carboxylic acids is 1. The lowest BCUT2D eigenvalue weighted by atomic mass is 9.79. The summed E-state index contributed by atoms with van der Waals surface area (Å²) in [4.78, 5) is 47.3. The zero-order valence-corrected chi connectivity index (χ0v) is 15.0. The Morgan fingerprint density at radius 1 is 1.27 bits per heavy atom. The van der Waals surface area contributed by atoms with Crippen molar-refractivity contribution in [1.82, 2.24) is 0 Å². The van der Waals surface area contributed by atoms with Gasteiger partial charge in [0, 0.05) is 23.8 Å². The number of ether oxygens (including phenoxy) is 2. The van der Waals surface area contributed by atoms with E-state index in [1.165, 1.54) is 0 Å². The molecule has 7 heteroatoms. The number of carbonyl (C=O) groups excluding carboxylic acids is 3. The molecule has 5 atom stereocenters. The summed E-state index contributed by atoms with van der Waals surface area (Å²) in [7, 11) is 0. The molecule has 1 heterocycles. The van der Waals surface area contributed by atoms with Gasteiger partial charge in [-0.1, -0.05) is 18.1 Å². The smallest absolute Gasteiger partial charge is 0.309 e. The van der Waals surface area contributed by atoms with Crippen LogP contribution in [0.1, 0.15) is 40.0 Å². The first-order valence-electron chi connectivity index (χ1n) is 8.74. The third-order valence-electron chi connectivity index (χ3n) is 5.56. The molecule has 0 amide bonds. The number of carbonyl (C=O) groups is 4. The Bertz CT molecular complexity index is 745. The minimum Gasteiger partial charge on any atom is -0.481 e. The molecule has 2 aliphatic carbocycles. The normalized spacial score (nSPS) is 33.2. The first kappa shape index (κ1) is 18.4. The van der Waals surface area contributed by atoms with Gasteiger partial charge in [0.15, 0.2) is 5.78 Å². The van der Waals surface area contributed by atoms with E-state index >= 15 is 0 Å². The first-order valence-corrected chi connectivity index (χ1v) is 8.74. The highest BCUT2D eigenvalue weighted by Crippen LogP contribution is 2.48. The molecule has 140 valence electrons. The quantitative estimate of drug-likeness (QED) is 0.760. The Kier molecular flexibility index (Phi) is 4.73. The number of fused-ring (bicyclic) bond motifs is 3. The molecule has 0 spiro atoms. The summed E-state index contributed by atoms with van der Waals surface area (Å²) in [5, 5.41) is 8.73. The molecule has 0 aromatic heterocycles. The predicted molar refractivity (Wildman–Crippen MR) is 88.9 cm³/mol. The third kappa shape index (κ3) is 3.06. The lowest BCUT2D eigenvalue weighted by molar-refractivity contribution is -0.156. The van der Waals surface area contributed by atoms with Crippen molar-refractivity contribution in [3.8, 4) is 0 Å². The summed E-state index contributed by atoms with van der Waals surface area (Å²) >= 11 is 0. The van der Waals surface area contributed by atoms with E-state index in [1.807, 2.05) is 13.8 Å². The SMILES string of the molecule is CC1=CC(=O)C2=C(C)C[C@H](OC(=O)CCC(=O)O)C3[C@H](OC(=O)[C@H]3C)C12. The van der Waals surface area contributed by atoms with Crippen LogP contribution in [-0.4, -0.2) is 41.0 Å². The molecule has 0 bridgehead atoms. The van der Waals surface area contributed by atoms with Crippen molar-refractivity contribution in [2.45, 2.75) is 52.2 Å². The van der Waals surface area contributed by atoms with Crippen LogP contribution in [0.5, 0.6) is 0 Å². The van der Waals surface area contributed by atoms with Crippen molar-refractivity contribution in [2.75, 3.05) is 0 Å². The number of hydrogen-bond donors (Lipinski definition) is 1. The van der Waals surface area contributed by atoms with Crippen molar-refractivity contribution in [3.05, 3.63) is 22.8 Å². The van der Waals surface area contributed by atoms with Crippen LogP contribution in [0.15, 0.2) is 22.8 Å². The summed E-state index contributed by atoms with van der Waals surface area (Å²) in [6, 6.07) is 0. The van der Waals surface area contributed by atoms with E-state index in [4.69, 9.17) is 14.6 Å². The minimum absolute atomic E-state index is 0.0859. The predicted octanol–water partition coefficient (Wildman–Crippen LogP) is 1.81. The second-order valence-electron chi connectivity index (χ2n) is 7.32. The van der Waals surface area contributed by atoms with Gasteiger partial charge in [-0.3, -0.25) is 19.2 Å². The third-order valence-corrected chi connectivity index (χ3v) is 5.56. The van der Waals surface area contributed by atoms with Gasteiger partial charge in [-0.2, -0.15) is 0 Å². The van der Waals surface area contributed by atoms with Crippen LogP contribution in [0.2, 0.25) is 0 Å². The molecule has 26 heavy (non-hydrogen) atoms. The maximum Gasteiger partial charge on any atom is 0.309 e. The molecular formula is C19H22O7. The molecular weight excluding hydrogens is 340 g/mol. The maximum atomic E-state index is 12.4. The highest BCUT2D eigenvalue weighted by Gasteiger charge is 2.55. The van der Waals surface area contributed by atoms with Crippen molar-refractivity contribution >= 4 is 23.7 Å². The lowest BCUT2D eigenvalue weighted by Gasteiger charge is -2.29.